The monoisotopic (exact) mass is 272 g/mol. The van der Waals surface area contributed by atoms with Crippen LogP contribution >= 0.6 is 0 Å². The van der Waals surface area contributed by atoms with Crippen LogP contribution < -0.4 is 10.6 Å². The van der Waals surface area contributed by atoms with Crippen LogP contribution in [0.15, 0.2) is 24.4 Å². The summed E-state index contributed by atoms with van der Waals surface area (Å²) in [4.78, 5) is 7.22. The Morgan fingerprint density at radius 2 is 2.00 bits per heavy atom. The second kappa shape index (κ2) is 4.46. The van der Waals surface area contributed by atoms with Crippen molar-refractivity contribution < 1.29 is 5.11 Å². The van der Waals surface area contributed by atoms with Crippen LogP contribution in [0.25, 0.3) is 5.65 Å². The maximum atomic E-state index is 9.94. The molecule has 5 nitrogen and oxygen atoms in total. The Labute approximate surface area is 118 Å². The molecule has 2 bridgehead atoms. The first-order chi connectivity index (χ1) is 9.78. The largest absolute Gasteiger partial charge is 0.393 e. The summed E-state index contributed by atoms with van der Waals surface area (Å²) in [6, 6.07) is 6.86. The maximum absolute atomic E-state index is 9.94. The van der Waals surface area contributed by atoms with Crippen LogP contribution in [0.3, 0.4) is 0 Å². The van der Waals surface area contributed by atoms with Gasteiger partial charge in [-0.25, -0.2) is 4.98 Å². The minimum atomic E-state index is -0.151. The molecule has 0 saturated carbocycles. The van der Waals surface area contributed by atoms with Gasteiger partial charge in [0, 0.05) is 24.8 Å². The van der Waals surface area contributed by atoms with Crippen molar-refractivity contribution in [1.82, 2.24) is 9.38 Å². The molecule has 2 aliphatic rings. The highest BCUT2D eigenvalue weighted by Crippen LogP contribution is 2.40. The fourth-order valence-corrected chi connectivity index (χ4v) is 3.92. The number of piperidine rings is 1. The van der Waals surface area contributed by atoms with Crippen molar-refractivity contribution in [1.29, 1.82) is 0 Å². The number of hydrogen-bond donors (Lipinski definition) is 2. The SMILES string of the molecule is NCc1c(N2C3CCC2CC(O)C3)nc2ccccn12. The van der Waals surface area contributed by atoms with E-state index in [1.165, 1.54) is 0 Å². The molecule has 5 heteroatoms. The molecule has 106 valence electrons. The first-order valence-corrected chi connectivity index (χ1v) is 7.40. The number of aliphatic hydroxyl groups is 1. The minimum absolute atomic E-state index is 0.151. The van der Waals surface area contributed by atoms with Crippen LogP contribution in [0.4, 0.5) is 5.82 Å². The Morgan fingerprint density at radius 3 is 2.70 bits per heavy atom. The maximum Gasteiger partial charge on any atom is 0.152 e. The fourth-order valence-electron chi connectivity index (χ4n) is 3.92. The number of aromatic nitrogens is 2. The van der Waals surface area contributed by atoms with Crippen molar-refractivity contribution in [3.05, 3.63) is 30.1 Å². The number of rotatable bonds is 2. The molecule has 2 aliphatic heterocycles. The number of nitrogens with two attached hydrogens (primary N) is 1. The van der Waals surface area contributed by atoms with Crippen LogP contribution in [0.2, 0.25) is 0 Å². The first kappa shape index (κ1) is 12.2. The van der Waals surface area contributed by atoms with Crippen molar-refractivity contribution >= 4 is 11.5 Å². The van der Waals surface area contributed by atoms with Crippen molar-refractivity contribution in [2.45, 2.75) is 50.4 Å². The predicted molar refractivity (Wildman–Crippen MR) is 77.6 cm³/mol. The van der Waals surface area contributed by atoms with Gasteiger partial charge in [0.05, 0.1) is 11.8 Å². The summed E-state index contributed by atoms with van der Waals surface area (Å²) in [6.45, 7) is 0.485. The van der Waals surface area contributed by atoms with Crippen LogP contribution in [-0.4, -0.2) is 32.7 Å². The van der Waals surface area contributed by atoms with E-state index in [0.29, 0.717) is 18.6 Å². The van der Waals surface area contributed by atoms with Gasteiger partial charge < -0.3 is 20.1 Å². The molecule has 20 heavy (non-hydrogen) atoms. The molecule has 2 saturated heterocycles. The molecule has 0 amide bonds. The summed E-state index contributed by atoms with van der Waals surface area (Å²) in [5.74, 6) is 1.03. The van der Waals surface area contributed by atoms with Gasteiger partial charge in [-0.1, -0.05) is 6.07 Å². The van der Waals surface area contributed by atoms with E-state index >= 15 is 0 Å². The standard InChI is InChI=1S/C15H20N4O/c16-9-13-15(17-14-3-1-2-6-18(13)14)19-10-4-5-11(19)8-12(20)7-10/h1-3,6,10-12,20H,4-5,7-9,16H2. The third kappa shape index (κ3) is 1.66. The smallest absolute Gasteiger partial charge is 0.152 e. The zero-order valence-corrected chi connectivity index (χ0v) is 11.4. The van der Waals surface area contributed by atoms with Crippen molar-refractivity contribution in [2.75, 3.05) is 4.90 Å². The zero-order chi connectivity index (χ0) is 13.7. The molecule has 2 aromatic heterocycles. The number of hydrogen-bond acceptors (Lipinski definition) is 4. The lowest BCUT2D eigenvalue weighted by Gasteiger charge is -2.38. The topological polar surface area (TPSA) is 66.8 Å². The highest BCUT2D eigenvalue weighted by Gasteiger charge is 2.42. The molecule has 2 unspecified atom stereocenters. The van der Waals surface area contributed by atoms with Crippen LogP contribution in [-0.2, 0) is 6.54 Å². The highest BCUT2D eigenvalue weighted by atomic mass is 16.3. The van der Waals surface area contributed by atoms with Crippen molar-refractivity contribution in [3.63, 3.8) is 0 Å². The number of anilines is 1. The van der Waals surface area contributed by atoms with Gasteiger partial charge in [0.1, 0.15) is 5.65 Å². The van der Waals surface area contributed by atoms with E-state index in [9.17, 15) is 5.11 Å². The number of imidazole rings is 1. The fraction of sp³-hybridized carbons (Fsp3) is 0.533. The quantitative estimate of drug-likeness (QED) is 0.864. The Hall–Kier alpha value is -1.59. The van der Waals surface area contributed by atoms with Gasteiger partial charge in [-0.2, -0.15) is 0 Å². The Morgan fingerprint density at radius 1 is 1.25 bits per heavy atom. The predicted octanol–water partition coefficient (Wildman–Crippen LogP) is 1.29. The second-order valence-corrected chi connectivity index (χ2v) is 5.93. The van der Waals surface area contributed by atoms with E-state index < -0.39 is 0 Å². The van der Waals surface area contributed by atoms with Gasteiger partial charge >= 0.3 is 0 Å². The molecule has 2 aromatic rings. The Balaban J connectivity index is 1.82. The van der Waals surface area contributed by atoms with E-state index in [-0.39, 0.29) is 6.10 Å². The molecule has 2 atom stereocenters. The first-order valence-electron chi connectivity index (χ1n) is 7.40. The summed E-state index contributed by atoms with van der Waals surface area (Å²) in [5, 5.41) is 9.94. The van der Waals surface area contributed by atoms with E-state index in [0.717, 1.165) is 42.8 Å². The summed E-state index contributed by atoms with van der Waals surface area (Å²) in [7, 11) is 0. The zero-order valence-electron chi connectivity index (χ0n) is 11.4. The summed E-state index contributed by atoms with van der Waals surface area (Å²) in [6.07, 6.45) is 5.89. The van der Waals surface area contributed by atoms with E-state index in [2.05, 4.69) is 9.30 Å². The van der Waals surface area contributed by atoms with E-state index in [1.54, 1.807) is 0 Å². The average molecular weight is 272 g/mol. The van der Waals surface area contributed by atoms with Gasteiger partial charge in [0.15, 0.2) is 5.82 Å². The normalized spacial score (nSPS) is 29.3. The van der Waals surface area contributed by atoms with Gasteiger partial charge in [0.25, 0.3) is 0 Å². The van der Waals surface area contributed by atoms with Gasteiger partial charge in [-0.3, -0.25) is 0 Å². The van der Waals surface area contributed by atoms with Crippen molar-refractivity contribution in [2.24, 2.45) is 5.73 Å². The molecule has 4 rings (SSSR count). The molecular weight excluding hydrogens is 252 g/mol. The summed E-state index contributed by atoms with van der Waals surface area (Å²) >= 11 is 0. The van der Waals surface area contributed by atoms with Gasteiger partial charge in [0.2, 0.25) is 0 Å². The molecule has 0 aromatic carbocycles. The number of aliphatic hydroxyl groups excluding tert-OH is 1. The molecule has 0 radical (unpaired) electrons. The molecule has 2 fully saturated rings. The van der Waals surface area contributed by atoms with Crippen LogP contribution in [0, 0.1) is 0 Å². The number of pyridine rings is 1. The number of nitrogens with zero attached hydrogens (tertiary/aromatic N) is 3. The van der Waals surface area contributed by atoms with E-state index in [1.807, 2.05) is 24.4 Å². The Kier molecular flexibility index (Phi) is 2.72. The Bertz CT molecular complexity index is 624. The third-order valence-corrected chi connectivity index (χ3v) is 4.75. The molecule has 0 aliphatic carbocycles. The lowest BCUT2D eigenvalue weighted by molar-refractivity contribution is 0.126. The lowest BCUT2D eigenvalue weighted by Crippen LogP contribution is -2.45. The molecule has 0 spiro atoms. The molecular formula is C15H20N4O. The number of fused-ring (bicyclic) bond motifs is 3. The summed E-state index contributed by atoms with van der Waals surface area (Å²) < 4.78 is 2.08. The van der Waals surface area contributed by atoms with Gasteiger partial charge in [-0.05, 0) is 37.8 Å². The van der Waals surface area contributed by atoms with Crippen LogP contribution in [0.5, 0.6) is 0 Å². The molecule has 3 N–H and O–H groups in total. The highest BCUT2D eigenvalue weighted by molar-refractivity contribution is 5.58. The minimum Gasteiger partial charge on any atom is -0.393 e. The second-order valence-electron chi connectivity index (χ2n) is 5.93. The third-order valence-electron chi connectivity index (χ3n) is 4.75. The lowest BCUT2D eigenvalue weighted by atomic mass is 10.00. The van der Waals surface area contributed by atoms with Crippen molar-refractivity contribution in [3.8, 4) is 0 Å². The van der Waals surface area contributed by atoms with Crippen LogP contribution in [0.1, 0.15) is 31.4 Å². The summed E-state index contributed by atoms with van der Waals surface area (Å²) in [5.41, 5.74) is 8.00. The van der Waals surface area contributed by atoms with E-state index in [4.69, 9.17) is 10.7 Å². The average Bonchev–Trinajstić information content (AvgIpc) is 2.93. The molecule has 4 heterocycles. The van der Waals surface area contributed by atoms with Gasteiger partial charge in [-0.15, -0.1) is 0 Å².